The normalized spacial score (nSPS) is 20.3. The van der Waals surface area contributed by atoms with Gasteiger partial charge in [-0.25, -0.2) is 29.7 Å². The first-order valence-electron chi connectivity index (χ1n) is 10.9. The van der Waals surface area contributed by atoms with Crippen molar-refractivity contribution in [2.45, 2.75) is 45.2 Å². The van der Waals surface area contributed by atoms with E-state index < -0.39 is 12.0 Å². The molecule has 9 nitrogen and oxygen atoms in total. The first kappa shape index (κ1) is 20.3. The summed E-state index contributed by atoms with van der Waals surface area (Å²) in [5.74, 6) is 1.14. The summed E-state index contributed by atoms with van der Waals surface area (Å²) in [4.78, 5) is 38.4. The molecule has 3 aromatic heterocycles. The predicted octanol–water partition coefficient (Wildman–Crippen LogP) is 2.81. The second kappa shape index (κ2) is 8.14. The second-order valence-electron chi connectivity index (χ2n) is 8.30. The van der Waals surface area contributed by atoms with E-state index >= 15 is 0 Å². The number of rotatable bonds is 4. The lowest BCUT2D eigenvalue weighted by atomic mass is 9.99. The van der Waals surface area contributed by atoms with Gasteiger partial charge in [-0.2, -0.15) is 0 Å². The molecule has 2 unspecified atom stereocenters. The van der Waals surface area contributed by atoms with Crippen molar-refractivity contribution in [2.24, 2.45) is 0 Å². The third kappa shape index (κ3) is 3.63. The van der Waals surface area contributed by atoms with Gasteiger partial charge < -0.3 is 14.9 Å². The number of anilines is 2. The highest BCUT2D eigenvalue weighted by Crippen LogP contribution is 2.35. The van der Waals surface area contributed by atoms with Crippen molar-refractivity contribution >= 4 is 17.5 Å². The first-order valence-corrected chi connectivity index (χ1v) is 10.9. The molecule has 3 aromatic rings. The van der Waals surface area contributed by atoms with E-state index in [1.54, 1.807) is 18.5 Å². The molecular weight excluding hydrogens is 406 g/mol. The van der Waals surface area contributed by atoms with Crippen LogP contribution in [0.3, 0.4) is 0 Å². The third-order valence-electron chi connectivity index (χ3n) is 6.26. The standard InChI is InChI=1S/C23H25N7O2/c1-14-11-16(30-9-3-5-19(30)23(31)32)12-20(27-14)29-10-6-18-17(15(29)2)13-26-22(28-18)21-24-7-4-8-25-21/h4,7-8,11-13,15,19H,3,5-6,9-10H2,1-2H3,(H,31,32). The molecule has 0 aromatic carbocycles. The molecule has 5 rings (SSSR count). The number of aryl methyl sites for hydroxylation is 1. The summed E-state index contributed by atoms with van der Waals surface area (Å²) in [7, 11) is 0. The number of carboxylic acid groups (broad SMARTS) is 1. The average Bonchev–Trinajstić information content (AvgIpc) is 3.30. The highest BCUT2D eigenvalue weighted by atomic mass is 16.4. The second-order valence-corrected chi connectivity index (χ2v) is 8.30. The summed E-state index contributed by atoms with van der Waals surface area (Å²) < 4.78 is 0. The molecule has 0 saturated carbocycles. The van der Waals surface area contributed by atoms with Crippen LogP contribution in [-0.2, 0) is 11.2 Å². The van der Waals surface area contributed by atoms with Crippen molar-refractivity contribution in [1.82, 2.24) is 24.9 Å². The molecule has 5 heterocycles. The SMILES string of the molecule is Cc1cc(N2CCCC2C(=O)O)cc(N2CCc3nc(-c4ncccn4)ncc3C2C)n1. The van der Waals surface area contributed by atoms with Crippen molar-refractivity contribution in [2.75, 3.05) is 22.9 Å². The van der Waals surface area contributed by atoms with Crippen molar-refractivity contribution < 1.29 is 9.90 Å². The fourth-order valence-electron chi connectivity index (χ4n) is 4.68. The molecule has 0 radical (unpaired) electrons. The lowest BCUT2D eigenvalue weighted by Gasteiger charge is -2.36. The summed E-state index contributed by atoms with van der Waals surface area (Å²) in [6, 6.07) is 5.33. The minimum atomic E-state index is -0.769. The van der Waals surface area contributed by atoms with Crippen molar-refractivity contribution in [3.63, 3.8) is 0 Å². The Morgan fingerprint density at radius 1 is 1.06 bits per heavy atom. The summed E-state index contributed by atoms with van der Waals surface area (Å²) in [5.41, 5.74) is 3.86. The lowest BCUT2D eigenvalue weighted by molar-refractivity contribution is -0.138. The molecule has 2 aliphatic rings. The lowest BCUT2D eigenvalue weighted by Crippen LogP contribution is -2.37. The molecule has 0 amide bonds. The van der Waals surface area contributed by atoms with Crippen molar-refractivity contribution in [3.05, 3.63) is 53.7 Å². The van der Waals surface area contributed by atoms with Gasteiger partial charge in [0, 0.05) is 61.1 Å². The van der Waals surface area contributed by atoms with Gasteiger partial charge in [0.15, 0.2) is 11.6 Å². The zero-order valence-electron chi connectivity index (χ0n) is 18.1. The summed E-state index contributed by atoms with van der Waals surface area (Å²) in [5, 5.41) is 9.60. The summed E-state index contributed by atoms with van der Waals surface area (Å²) >= 11 is 0. The predicted molar refractivity (Wildman–Crippen MR) is 120 cm³/mol. The molecule has 0 bridgehead atoms. The number of hydrogen-bond donors (Lipinski definition) is 1. The van der Waals surface area contributed by atoms with Crippen LogP contribution in [0.4, 0.5) is 11.5 Å². The molecule has 1 N–H and O–H groups in total. The monoisotopic (exact) mass is 431 g/mol. The van der Waals surface area contributed by atoms with Crippen LogP contribution in [0.5, 0.6) is 0 Å². The maximum atomic E-state index is 11.7. The van der Waals surface area contributed by atoms with Crippen LogP contribution in [0.25, 0.3) is 11.6 Å². The van der Waals surface area contributed by atoms with Gasteiger partial charge in [0.2, 0.25) is 0 Å². The number of fused-ring (bicyclic) bond motifs is 1. The van der Waals surface area contributed by atoms with E-state index in [1.165, 1.54) is 0 Å². The molecule has 0 aliphatic carbocycles. The van der Waals surface area contributed by atoms with Gasteiger partial charge in [-0.05, 0) is 38.8 Å². The van der Waals surface area contributed by atoms with Crippen molar-refractivity contribution in [1.29, 1.82) is 0 Å². The van der Waals surface area contributed by atoms with Gasteiger partial charge in [0.05, 0.1) is 11.7 Å². The van der Waals surface area contributed by atoms with Crippen LogP contribution in [-0.4, -0.2) is 55.1 Å². The number of hydrogen-bond acceptors (Lipinski definition) is 8. The highest BCUT2D eigenvalue weighted by Gasteiger charge is 2.32. The Bertz CT molecular complexity index is 1150. The van der Waals surface area contributed by atoms with Gasteiger partial charge in [-0.3, -0.25) is 0 Å². The van der Waals surface area contributed by atoms with Gasteiger partial charge in [0.1, 0.15) is 11.9 Å². The largest absolute Gasteiger partial charge is 0.480 e. The molecule has 1 saturated heterocycles. The van der Waals surface area contributed by atoms with Crippen LogP contribution < -0.4 is 9.80 Å². The molecule has 2 atom stereocenters. The number of carboxylic acids is 1. The Morgan fingerprint density at radius 2 is 1.88 bits per heavy atom. The number of nitrogens with zero attached hydrogens (tertiary/aromatic N) is 7. The smallest absolute Gasteiger partial charge is 0.326 e. The van der Waals surface area contributed by atoms with E-state index in [4.69, 9.17) is 9.97 Å². The average molecular weight is 432 g/mol. The van der Waals surface area contributed by atoms with E-state index in [0.29, 0.717) is 18.1 Å². The molecular formula is C23H25N7O2. The number of carbonyl (C=O) groups is 1. The maximum absolute atomic E-state index is 11.7. The zero-order valence-corrected chi connectivity index (χ0v) is 18.1. The maximum Gasteiger partial charge on any atom is 0.326 e. The Kier molecular flexibility index (Phi) is 5.16. The van der Waals surface area contributed by atoms with Crippen LogP contribution in [0.1, 0.15) is 42.8 Å². The van der Waals surface area contributed by atoms with E-state index in [0.717, 1.165) is 54.4 Å². The van der Waals surface area contributed by atoms with Crippen LogP contribution in [0.15, 0.2) is 36.8 Å². The van der Waals surface area contributed by atoms with E-state index in [1.807, 2.05) is 30.2 Å². The molecule has 164 valence electrons. The minimum absolute atomic E-state index is 0.0421. The number of pyridine rings is 1. The van der Waals surface area contributed by atoms with Crippen LogP contribution in [0, 0.1) is 6.92 Å². The van der Waals surface area contributed by atoms with Gasteiger partial charge in [-0.1, -0.05) is 0 Å². The Hall–Kier alpha value is -3.62. The molecule has 1 fully saturated rings. The Labute approximate surface area is 186 Å². The van der Waals surface area contributed by atoms with Gasteiger partial charge in [0.25, 0.3) is 0 Å². The topological polar surface area (TPSA) is 108 Å². The number of aliphatic carboxylic acids is 1. The first-order chi connectivity index (χ1) is 15.5. The van der Waals surface area contributed by atoms with Crippen LogP contribution in [0.2, 0.25) is 0 Å². The van der Waals surface area contributed by atoms with E-state index in [-0.39, 0.29) is 6.04 Å². The molecule has 9 heteroatoms. The van der Waals surface area contributed by atoms with Gasteiger partial charge in [-0.15, -0.1) is 0 Å². The van der Waals surface area contributed by atoms with E-state index in [2.05, 4.69) is 26.8 Å². The third-order valence-corrected chi connectivity index (χ3v) is 6.26. The minimum Gasteiger partial charge on any atom is -0.480 e. The fourth-order valence-corrected chi connectivity index (χ4v) is 4.68. The van der Waals surface area contributed by atoms with Crippen LogP contribution >= 0.6 is 0 Å². The summed E-state index contributed by atoms with van der Waals surface area (Å²) in [6.45, 7) is 5.59. The number of aromatic nitrogens is 5. The van der Waals surface area contributed by atoms with E-state index in [9.17, 15) is 9.90 Å². The van der Waals surface area contributed by atoms with Crippen molar-refractivity contribution in [3.8, 4) is 11.6 Å². The highest BCUT2D eigenvalue weighted by molar-refractivity contribution is 5.79. The molecule has 0 spiro atoms. The molecule has 2 aliphatic heterocycles. The summed E-state index contributed by atoms with van der Waals surface area (Å²) in [6.07, 6.45) is 7.55. The Morgan fingerprint density at radius 3 is 2.66 bits per heavy atom. The van der Waals surface area contributed by atoms with Gasteiger partial charge >= 0.3 is 5.97 Å². The quantitative estimate of drug-likeness (QED) is 0.667. The molecule has 32 heavy (non-hydrogen) atoms. The zero-order chi connectivity index (χ0) is 22.2. The Balaban J connectivity index is 1.45. The fraction of sp³-hybridized carbons (Fsp3) is 0.391.